The zero-order valence-corrected chi connectivity index (χ0v) is 12.7. The van der Waals surface area contributed by atoms with Crippen LogP contribution >= 0.6 is 15.9 Å². The number of carbonyl (C=O) groups is 1. The number of nitrogens with zero attached hydrogens (tertiary/aromatic N) is 1. The Labute approximate surface area is 126 Å². The molecule has 1 aromatic carbocycles. The summed E-state index contributed by atoms with van der Waals surface area (Å²) in [6.45, 7) is 1.87. The standard InChI is InChI=1S/C14H18BrNO4/c15-5-8-20-11-3-6-16(7-4-11)14(19)12-9-10(17)1-2-13(12)18/h1-2,9,11,17-18H,3-8H2. The Morgan fingerprint density at radius 1 is 1.35 bits per heavy atom. The van der Waals surface area contributed by atoms with Crippen molar-refractivity contribution in [1.82, 2.24) is 4.90 Å². The van der Waals surface area contributed by atoms with E-state index in [1.807, 2.05) is 0 Å². The highest BCUT2D eigenvalue weighted by atomic mass is 79.9. The Balaban J connectivity index is 1.96. The van der Waals surface area contributed by atoms with E-state index in [0.717, 1.165) is 18.2 Å². The molecule has 1 amide bonds. The maximum Gasteiger partial charge on any atom is 0.257 e. The minimum Gasteiger partial charge on any atom is -0.508 e. The van der Waals surface area contributed by atoms with Crippen molar-refractivity contribution >= 4 is 21.8 Å². The molecular weight excluding hydrogens is 326 g/mol. The molecule has 2 rings (SSSR count). The maximum atomic E-state index is 12.3. The molecule has 0 saturated carbocycles. The van der Waals surface area contributed by atoms with E-state index >= 15 is 0 Å². The zero-order valence-electron chi connectivity index (χ0n) is 11.1. The molecule has 0 radical (unpaired) electrons. The van der Waals surface area contributed by atoms with Gasteiger partial charge in [0.25, 0.3) is 5.91 Å². The van der Waals surface area contributed by atoms with Crippen molar-refractivity contribution in [2.24, 2.45) is 0 Å². The third-order valence-corrected chi connectivity index (χ3v) is 3.69. The lowest BCUT2D eigenvalue weighted by molar-refractivity contribution is 0.0159. The van der Waals surface area contributed by atoms with Crippen LogP contribution in [0.2, 0.25) is 0 Å². The number of phenols is 2. The Kier molecular flexibility index (Phi) is 5.25. The van der Waals surface area contributed by atoms with E-state index < -0.39 is 0 Å². The minimum absolute atomic E-state index is 0.0262. The molecule has 0 aliphatic carbocycles. The van der Waals surface area contributed by atoms with Gasteiger partial charge in [-0.25, -0.2) is 0 Å². The Morgan fingerprint density at radius 2 is 2.05 bits per heavy atom. The molecule has 5 nitrogen and oxygen atoms in total. The summed E-state index contributed by atoms with van der Waals surface area (Å²) in [6.07, 6.45) is 1.77. The predicted molar refractivity (Wildman–Crippen MR) is 78.4 cm³/mol. The number of aromatic hydroxyl groups is 2. The topological polar surface area (TPSA) is 70.0 Å². The molecule has 1 saturated heterocycles. The van der Waals surface area contributed by atoms with Crippen LogP contribution < -0.4 is 0 Å². The molecule has 0 bridgehead atoms. The van der Waals surface area contributed by atoms with Crippen LogP contribution in [-0.2, 0) is 4.74 Å². The van der Waals surface area contributed by atoms with Gasteiger partial charge < -0.3 is 19.8 Å². The van der Waals surface area contributed by atoms with Crippen LogP contribution in [0.1, 0.15) is 23.2 Å². The molecule has 0 spiro atoms. The first-order valence-electron chi connectivity index (χ1n) is 6.60. The quantitative estimate of drug-likeness (QED) is 0.648. The van der Waals surface area contributed by atoms with E-state index in [-0.39, 0.29) is 29.1 Å². The van der Waals surface area contributed by atoms with Gasteiger partial charge in [-0.1, -0.05) is 15.9 Å². The van der Waals surface area contributed by atoms with Crippen LogP contribution in [0.15, 0.2) is 18.2 Å². The third-order valence-electron chi connectivity index (χ3n) is 3.37. The SMILES string of the molecule is O=C(c1cc(O)ccc1O)N1CCC(OCCBr)CC1. The zero-order chi connectivity index (χ0) is 14.5. The second-order valence-electron chi connectivity index (χ2n) is 4.75. The number of ether oxygens (including phenoxy) is 1. The summed E-state index contributed by atoms with van der Waals surface area (Å²) in [5, 5.41) is 19.9. The van der Waals surface area contributed by atoms with Gasteiger partial charge in [-0.3, -0.25) is 4.79 Å². The number of benzene rings is 1. The highest BCUT2D eigenvalue weighted by Gasteiger charge is 2.25. The molecule has 6 heteroatoms. The molecule has 2 N–H and O–H groups in total. The largest absolute Gasteiger partial charge is 0.508 e. The van der Waals surface area contributed by atoms with Crippen LogP contribution in [0.3, 0.4) is 0 Å². The van der Waals surface area contributed by atoms with Crippen LogP contribution in [0.25, 0.3) is 0 Å². The molecule has 1 aliphatic heterocycles. The molecular formula is C14H18BrNO4. The van der Waals surface area contributed by atoms with E-state index in [4.69, 9.17) is 4.74 Å². The Morgan fingerprint density at radius 3 is 2.70 bits per heavy atom. The summed E-state index contributed by atoms with van der Waals surface area (Å²) < 4.78 is 5.63. The van der Waals surface area contributed by atoms with Gasteiger partial charge in [0.05, 0.1) is 18.3 Å². The lowest BCUT2D eigenvalue weighted by Gasteiger charge is -2.32. The third kappa shape index (κ3) is 3.64. The van der Waals surface area contributed by atoms with Gasteiger partial charge in [-0.15, -0.1) is 0 Å². The molecule has 0 atom stereocenters. The molecule has 1 aliphatic rings. The van der Waals surface area contributed by atoms with Gasteiger partial charge in [-0.2, -0.15) is 0 Å². The average molecular weight is 344 g/mol. The Hall–Kier alpha value is -1.27. The summed E-state index contributed by atoms with van der Waals surface area (Å²) in [5.74, 6) is -0.385. The van der Waals surface area contributed by atoms with Crippen molar-refractivity contribution in [3.8, 4) is 11.5 Å². The second kappa shape index (κ2) is 6.95. The molecule has 1 aromatic rings. The number of likely N-dealkylation sites (tertiary alicyclic amines) is 1. The summed E-state index contributed by atoms with van der Waals surface area (Å²) in [6, 6.07) is 3.98. The molecule has 0 unspecified atom stereocenters. The highest BCUT2D eigenvalue weighted by Crippen LogP contribution is 2.25. The number of rotatable bonds is 4. The van der Waals surface area contributed by atoms with Crippen molar-refractivity contribution in [2.75, 3.05) is 25.0 Å². The fourth-order valence-corrected chi connectivity index (χ4v) is 2.49. The van der Waals surface area contributed by atoms with E-state index in [1.54, 1.807) is 4.90 Å². The second-order valence-corrected chi connectivity index (χ2v) is 5.55. The van der Waals surface area contributed by atoms with E-state index in [1.165, 1.54) is 18.2 Å². The van der Waals surface area contributed by atoms with Crippen LogP contribution in [-0.4, -0.2) is 52.2 Å². The van der Waals surface area contributed by atoms with Gasteiger partial charge in [0.1, 0.15) is 11.5 Å². The van der Waals surface area contributed by atoms with Crippen LogP contribution in [0.5, 0.6) is 11.5 Å². The average Bonchev–Trinajstić information content (AvgIpc) is 2.47. The van der Waals surface area contributed by atoms with Crippen molar-refractivity contribution in [2.45, 2.75) is 18.9 Å². The van der Waals surface area contributed by atoms with Crippen molar-refractivity contribution in [3.05, 3.63) is 23.8 Å². The van der Waals surface area contributed by atoms with E-state index in [0.29, 0.717) is 19.7 Å². The molecule has 0 aromatic heterocycles. The number of halogens is 1. The summed E-state index contributed by atoms with van der Waals surface area (Å²) in [4.78, 5) is 14.0. The minimum atomic E-state index is -0.252. The fourth-order valence-electron chi connectivity index (χ4n) is 2.30. The van der Waals surface area contributed by atoms with Gasteiger partial charge in [0, 0.05) is 18.4 Å². The lowest BCUT2D eigenvalue weighted by atomic mass is 10.1. The van der Waals surface area contributed by atoms with Crippen LogP contribution in [0.4, 0.5) is 0 Å². The number of carbonyl (C=O) groups excluding carboxylic acids is 1. The molecule has 20 heavy (non-hydrogen) atoms. The van der Waals surface area contributed by atoms with Gasteiger partial charge in [0.15, 0.2) is 0 Å². The summed E-state index contributed by atoms with van der Waals surface area (Å²) >= 11 is 3.32. The number of alkyl halides is 1. The first-order chi connectivity index (χ1) is 9.61. The fraction of sp³-hybridized carbons (Fsp3) is 0.500. The maximum absolute atomic E-state index is 12.3. The van der Waals surface area contributed by atoms with Gasteiger partial charge in [-0.05, 0) is 31.0 Å². The van der Waals surface area contributed by atoms with Crippen molar-refractivity contribution < 1.29 is 19.7 Å². The summed E-state index contributed by atoms with van der Waals surface area (Å²) in [5.41, 5.74) is 0.143. The highest BCUT2D eigenvalue weighted by molar-refractivity contribution is 9.09. The van der Waals surface area contributed by atoms with Crippen molar-refractivity contribution in [3.63, 3.8) is 0 Å². The predicted octanol–water partition coefficient (Wildman–Crippen LogP) is 2.11. The first-order valence-corrected chi connectivity index (χ1v) is 7.73. The smallest absolute Gasteiger partial charge is 0.257 e. The van der Waals surface area contributed by atoms with E-state index in [2.05, 4.69) is 15.9 Å². The number of hydrogen-bond acceptors (Lipinski definition) is 4. The number of hydrogen-bond donors (Lipinski definition) is 2. The van der Waals surface area contributed by atoms with E-state index in [9.17, 15) is 15.0 Å². The number of piperidine rings is 1. The Bertz CT molecular complexity index is 472. The van der Waals surface area contributed by atoms with Gasteiger partial charge >= 0.3 is 0 Å². The molecule has 1 heterocycles. The summed E-state index contributed by atoms with van der Waals surface area (Å²) in [7, 11) is 0. The molecule has 1 fully saturated rings. The lowest BCUT2D eigenvalue weighted by Crippen LogP contribution is -2.41. The van der Waals surface area contributed by atoms with Crippen molar-refractivity contribution in [1.29, 1.82) is 0 Å². The monoisotopic (exact) mass is 343 g/mol. The first kappa shape index (κ1) is 15.1. The molecule has 110 valence electrons. The number of amides is 1. The van der Waals surface area contributed by atoms with Gasteiger partial charge in [0.2, 0.25) is 0 Å². The number of phenolic OH excluding ortho intramolecular Hbond substituents is 2. The van der Waals surface area contributed by atoms with Crippen LogP contribution in [0, 0.1) is 0 Å². The normalized spacial score (nSPS) is 16.4.